The number of hydrogen-bond acceptors (Lipinski definition) is 2. The first-order valence-electron chi connectivity index (χ1n) is 2.34. The summed E-state index contributed by atoms with van der Waals surface area (Å²) < 4.78 is 0. The van der Waals surface area contributed by atoms with Crippen LogP contribution >= 0.6 is 0 Å². The largest absolute Gasteiger partial charge is 0.393 e. The van der Waals surface area contributed by atoms with Crippen LogP contribution in [0, 0.1) is 13.8 Å². The molecular formula is C6H14O2Pd-. The molecule has 2 atom stereocenters. The van der Waals surface area contributed by atoms with E-state index in [1.807, 2.05) is 0 Å². The number of aliphatic hydroxyl groups is 2. The zero-order valence-corrected chi connectivity index (χ0v) is 7.50. The van der Waals surface area contributed by atoms with Gasteiger partial charge in [0.25, 0.3) is 0 Å². The molecule has 0 saturated heterocycles. The van der Waals surface area contributed by atoms with Gasteiger partial charge in [-0.25, -0.2) is 0 Å². The molecule has 0 rings (SSSR count). The van der Waals surface area contributed by atoms with E-state index < -0.39 is 12.2 Å². The second-order valence-corrected chi connectivity index (χ2v) is 1.67. The Kier molecular flexibility index (Phi) is 15.5. The smallest absolute Gasteiger partial charge is 0.0569 e. The maximum Gasteiger partial charge on any atom is 0.0569 e. The molecule has 0 fully saturated rings. The topological polar surface area (TPSA) is 40.5 Å². The van der Waals surface area contributed by atoms with E-state index in [9.17, 15) is 0 Å². The Balaban J connectivity index is -0.000000180. The monoisotopic (exact) mass is 224 g/mol. The second-order valence-electron chi connectivity index (χ2n) is 1.67. The molecule has 2 N–H and O–H groups in total. The Morgan fingerprint density at radius 1 is 1.11 bits per heavy atom. The predicted molar refractivity (Wildman–Crippen MR) is 34.1 cm³/mol. The Morgan fingerprint density at radius 3 is 1.33 bits per heavy atom. The minimum Gasteiger partial charge on any atom is -0.393 e. The first kappa shape index (κ1) is 16.3. The minimum absolute atomic E-state index is 0. The maximum atomic E-state index is 8.51. The molecule has 0 aliphatic carbocycles. The molecule has 9 heavy (non-hydrogen) atoms. The SMILES string of the molecule is CC(O)[CH]C(C)O.[CH3-].[Pd]. The van der Waals surface area contributed by atoms with Crippen molar-refractivity contribution in [2.75, 3.05) is 0 Å². The van der Waals surface area contributed by atoms with Gasteiger partial charge < -0.3 is 17.6 Å². The van der Waals surface area contributed by atoms with Crippen molar-refractivity contribution in [2.45, 2.75) is 26.1 Å². The summed E-state index contributed by atoms with van der Waals surface area (Å²) in [4.78, 5) is 0. The second kappa shape index (κ2) is 8.58. The molecule has 0 aromatic heterocycles. The van der Waals surface area contributed by atoms with Crippen LogP contribution in [-0.4, -0.2) is 22.4 Å². The summed E-state index contributed by atoms with van der Waals surface area (Å²) >= 11 is 0. The third-order valence-corrected chi connectivity index (χ3v) is 0.557. The minimum atomic E-state index is -0.500. The van der Waals surface area contributed by atoms with Crippen molar-refractivity contribution in [2.24, 2.45) is 0 Å². The Hall–Kier alpha value is 0.582. The van der Waals surface area contributed by atoms with Gasteiger partial charge in [-0.3, -0.25) is 0 Å². The molecule has 0 aliphatic rings. The molecule has 2 unspecified atom stereocenters. The van der Waals surface area contributed by atoms with Crippen molar-refractivity contribution in [1.82, 2.24) is 0 Å². The molecule has 0 aliphatic heterocycles. The summed E-state index contributed by atoms with van der Waals surface area (Å²) in [6.07, 6.45) is 0.444. The van der Waals surface area contributed by atoms with Crippen molar-refractivity contribution in [1.29, 1.82) is 0 Å². The summed E-state index contributed by atoms with van der Waals surface area (Å²) in [5.74, 6) is 0. The van der Waals surface area contributed by atoms with E-state index in [0.29, 0.717) is 0 Å². The van der Waals surface area contributed by atoms with E-state index in [-0.39, 0.29) is 27.8 Å². The van der Waals surface area contributed by atoms with Crippen LogP contribution in [0.5, 0.6) is 0 Å². The Morgan fingerprint density at radius 2 is 1.33 bits per heavy atom. The van der Waals surface area contributed by atoms with Gasteiger partial charge in [-0.1, -0.05) is 0 Å². The van der Waals surface area contributed by atoms with Gasteiger partial charge in [0.05, 0.1) is 12.2 Å². The van der Waals surface area contributed by atoms with Gasteiger partial charge in [0, 0.05) is 26.8 Å². The van der Waals surface area contributed by atoms with Crippen molar-refractivity contribution in [3.8, 4) is 0 Å². The van der Waals surface area contributed by atoms with Crippen LogP contribution in [0.2, 0.25) is 0 Å². The fourth-order valence-electron chi connectivity index (χ4n) is 0.403. The predicted octanol–water partition coefficient (Wildman–Crippen LogP) is 0.400. The molecule has 1 radical (unpaired) electrons. The zero-order chi connectivity index (χ0) is 5.86. The third kappa shape index (κ3) is 17.7. The normalized spacial score (nSPS) is 14.7. The van der Waals surface area contributed by atoms with Crippen LogP contribution in [0.15, 0.2) is 0 Å². The zero-order valence-electron chi connectivity index (χ0n) is 5.94. The quantitative estimate of drug-likeness (QED) is 0.527. The van der Waals surface area contributed by atoms with Gasteiger partial charge in [-0.15, -0.1) is 0 Å². The van der Waals surface area contributed by atoms with E-state index in [1.165, 1.54) is 6.42 Å². The maximum absolute atomic E-state index is 8.51. The summed E-state index contributed by atoms with van der Waals surface area (Å²) in [6, 6.07) is 0. The third-order valence-electron chi connectivity index (χ3n) is 0.557. The van der Waals surface area contributed by atoms with Crippen molar-refractivity contribution in [3.05, 3.63) is 13.8 Å². The van der Waals surface area contributed by atoms with Crippen molar-refractivity contribution >= 4 is 0 Å². The summed E-state index contributed by atoms with van der Waals surface area (Å²) in [7, 11) is 0. The van der Waals surface area contributed by atoms with Crippen LogP contribution in [-0.2, 0) is 20.4 Å². The molecule has 0 spiro atoms. The van der Waals surface area contributed by atoms with Crippen molar-refractivity contribution in [3.63, 3.8) is 0 Å². The van der Waals surface area contributed by atoms with Crippen LogP contribution in [0.1, 0.15) is 13.8 Å². The van der Waals surface area contributed by atoms with Gasteiger partial charge in [0.2, 0.25) is 0 Å². The molecule has 0 aromatic carbocycles. The van der Waals surface area contributed by atoms with Gasteiger partial charge in [-0.2, -0.15) is 0 Å². The fraction of sp³-hybridized carbons (Fsp3) is 0.667. The van der Waals surface area contributed by atoms with E-state index in [2.05, 4.69) is 0 Å². The molecule has 0 saturated carbocycles. The molecule has 61 valence electrons. The molecule has 0 heterocycles. The van der Waals surface area contributed by atoms with Crippen molar-refractivity contribution < 1.29 is 30.6 Å². The first-order chi connectivity index (χ1) is 3.13. The van der Waals surface area contributed by atoms with Crippen LogP contribution in [0.25, 0.3) is 0 Å². The molecule has 2 nitrogen and oxygen atoms in total. The van der Waals surface area contributed by atoms with E-state index in [4.69, 9.17) is 10.2 Å². The molecular weight excluding hydrogens is 210 g/mol. The summed E-state index contributed by atoms with van der Waals surface area (Å²) in [5.41, 5.74) is 0. The van der Waals surface area contributed by atoms with E-state index in [0.717, 1.165) is 0 Å². The van der Waals surface area contributed by atoms with Gasteiger partial charge >= 0.3 is 0 Å². The van der Waals surface area contributed by atoms with Gasteiger partial charge in [0.15, 0.2) is 0 Å². The molecule has 0 aromatic rings. The molecule has 0 amide bonds. The Labute approximate surface area is 70.9 Å². The number of aliphatic hydroxyl groups excluding tert-OH is 2. The molecule has 0 bridgehead atoms. The van der Waals surface area contributed by atoms with Crippen LogP contribution in [0.3, 0.4) is 0 Å². The molecule has 3 heteroatoms. The van der Waals surface area contributed by atoms with Crippen LogP contribution in [0.4, 0.5) is 0 Å². The van der Waals surface area contributed by atoms with Gasteiger partial charge in [0.1, 0.15) is 0 Å². The van der Waals surface area contributed by atoms with E-state index in [1.54, 1.807) is 13.8 Å². The summed E-state index contributed by atoms with van der Waals surface area (Å²) in [6.45, 7) is 3.21. The average molecular weight is 225 g/mol. The summed E-state index contributed by atoms with van der Waals surface area (Å²) in [5, 5.41) is 17.0. The average Bonchev–Trinajstić information content (AvgIpc) is 1.27. The van der Waals surface area contributed by atoms with Gasteiger partial charge in [-0.05, 0) is 13.8 Å². The first-order valence-corrected chi connectivity index (χ1v) is 2.34. The number of rotatable bonds is 2. The standard InChI is InChI=1S/C5H11O2.CH3.Pd/c1-4(6)3-5(2)7;;/h3-7H,1-2H3;1H3;/q;-1;. The van der Waals surface area contributed by atoms with E-state index >= 15 is 0 Å². The number of hydrogen-bond donors (Lipinski definition) is 2. The fourth-order valence-corrected chi connectivity index (χ4v) is 0.403. The Bertz CT molecular complexity index is 40.3. The van der Waals surface area contributed by atoms with Crippen LogP contribution < -0.4 is 0 Å².